The topological polar surface area (TPSA) is 66.5 Å². The van der Waals surface area contributed by atoms with Crippen LogP contribution in [0.15, 0.2) is 59.5 Å². The number of sulfonamides is 1. The number of hydrogen-bond acceptors (Lipinski definition) is 3. The second-order valence-corrected chi connectivity index (χ2v) is 7.83. The summed E-state index contributed by atoms with van der Waals surface area (Å²) in [6, 6.07) is 13.3. The van der Waals surface area contributed by atoms with E-state index in [0.717, 1.165) is 0 Å². The second-order valence-electron chi connectivity index (χ2n) is 5.93. The Balaban J connectivity index is 1.72. The number of halogens is 1. The number of hydrogen-bond donors (Lipinski definition) is 1. The summed E-state index contributed by atoms with van der Waals surface area (Å²) in [6.07, 6.45) is 1.10. The van der Waals surface area contributed by atoms with Gasteiger partial charge in [0.15, 0.2) is 0 Å². The molecule has 1 aliphatic heterocycles. The Hall–Kier alpha value is -2.25. The first-order valence-electron chi connectivity index (χ1n) is 8.07. The molecule has 1 amide bonds. The third kappa shape index (κ3) is 3.88. The van der Waals surface area contributed by atoms with E-state index in [4.69, 9.17) is 0 Å². The Morgan fingerprint density at radius 1 is 1.16 bits per heavy atom. The minimum atomic E-state index is -3.71. The summed E-state index contributed by atoms with van der Waals surface area (Å²) in [5.41, 5.74) is 0.629. The number of nitrogens with zero attached hydrogens (tertiary/aromatic N) is 1. The van der Waals surface area contributed by atoms with E-state index in [1.165, 1.54) is 28.6 Å². The Labute approximate surface area is 146 Å². The zero-order valence-corrected chi connectivity index (χ0v) is 14.4. The molecule has 1 fully saturated rings. The molecule has 2 aromatic carbocycles. The van der Waals surface area contributed by atoms with Crippen LogP contribution in [0.2, 0.25) is 0 Å². The molecule has 0 aromatic heterocycles. The van der Waals surface area contributed by atoms with E-state index in [9.17, 15) is 17.6 Å². The summed E-state index contributed by atoms with van der Waals surface area (Å²) in [5, 5.41) is 2.71. The third-order valence-electron chi connectivity index (χ3n) is 4.21. The third-order valence-corrected chi connectivity index (χ3v) is 6.13. The van der Waals surface area contributed by atoms with Gasteiger partial charge in [0.1, 0.15) is 11.9 Å². The highest BCUT2D eigenvalue weighted by Crippen LogP contribution is 2.26. The molecule has 1 saturated heterocycles. The Kier molecular flexibility index (Phi) is 5.15. The lowest BCUT2D eigenvalue weighted by atomic mass is 10.2. The van der Waals surface area contributed by atoms with Crippen LogP contribution in [0.1, 0.15) is 18.4 Å². The molecule has 0 aliphatic carbocycles. The van der Waals surface area contributed by atoms with Gasteiger partial charge >= 0.3 is 0 Å². The molecule has 3 rings (SSSR count). The maximum Gasteiger partial charge on any atom is 0.243 e. The van der Waals surface area contributed by atoms with Gasteiger partial charge in [0.2, 0.25) is 15.9 Å². The van der Waals surface area contributed by atoms with Crippen molar-refractivity contribution in [1.82, 2.24) is 9.62 Å². The van der Waals surface area contributed by atoms with Gasteiger partial charge in [-0.15, -0.1) is 0 Å². The first kappa shape index (κ1) is 17.6. The van der Waals surface area contributed by atoms with E-state index >= 15 is 0 Å². The molecule has 0 bridgehead atoms. The van der Waals surface area contributed by atoms with Crippen LogP contribution in [-0.4, -0.2) is 31.2 Å². The molecule has 1 aliphatic rings. The lowest BCUT2D eigenvalue weighted by Gasteiger charge is -2.23. The van der Waals surface area contributed by atoms with E-state index in [1.807, 2.05) is 0 Å². The number of carbonyl (C=O) groups excluding carboxylic acids is 1. The van der Waals surface area contributed by atoms with Crippen LogP contribution in [0.3, 0.4) is 0 Å². The molecular formula is C18H19FN2O3S. The summed E-state index contributed by atoms with van der Waals surface area (Å²) < 4.78 is 40.0. The molecule has 1 unspecified atom stereocenters. The summed E-state index contributed by atoms with van der Waals surface area (Å²) >= 11 is 0. The number of carbonyl (C=O) groups is 1. The fourth-order valence-corrected chi connectivity index (χ4v) is 4.65. The Morgan fingerprint density at radius 2 is 1.92 bits per heavy atom. The van der Waals surface area contributed by atoms with Crippen LogP contribution >= 0.6 is 0 Å². The van der Waals surface area contributed by atoms with Crippen LogP contribution in [0.4, 0.5) is 4.39 Å². The molecule has 1 N–H and O–H groups in total. The van der Waals surface area contributed by atoms with Crippen molar-refractivity contribution in [2.45, 2.75) is 30.3 Å². The van der Waals surface area contributed by atoms with Gasteiger partial charge in [-0.25, -0.2) is 12.8 Å². The predicted molar refractivity (Wildman–Crippen MR) is 91.6 cm³/mol. The number of rotatable bonds is 5. The smallest absolute Gasteiger partial charge is 0.243 e. The largest absolute Gasteiger partial charge is 0.351 e. The van der Waals surface area contributed by atoms with Gasteiger partial charge in [0.05, 0.1) is 4.90 Å². The van der Waals surface area contributed by atoms with E-state index < -0.39 is 16.1 Å². The average molecular weight is 362 g/mol. The predicted octanol–water partition coefficient (Wildman–Crippen LogP) is 2.30. The van der Waals surface area contributed by atoms with E-state index in [0.29, 0.717) is 24.9 Å². The van der Waals surface area contributed by atoms with Crippen molar-refractivity contribution in [2.24, 2.45) is 0 Å². The summed E-state index contributed by atoms with van der Waals surface area (Å²) in [5.74, 6) is -0.734. The second kappa shape index (κ2) is 7.33. The lowest BCUT2D eigenvalue weighted by molar-refractivity contribution is -0.124. The normalized spacial score (nSPS) is 18.2. The fraction of sp³-hybridized carbons (Fsp3) is 0.278. The Bertz CT molecular complexity index is 856. The molecule has 25 heavy (non-hydrogen) atoms. The number of benzene rings is 2. The maximum atomic E-state index is 13.2. The van der Waals surface area contributed by atoms with Crippen molar-refractivity contribution in [3.05, 3.63) is 66.0 Å². The van der Waals surface area contributed by atoms with Gasteiger partial charge in [-0.2, -0.15) is 4.31 Å². The first-order chi connectivity index (χ1) is 12.0. The number of amides is 1. The van der Waals surface area contributed by atoms with Crippen molar-refractivity contribution in [1.29, 1.82) is 0 Å². The number of nitrogens with one attached hydrogen (secondary N) is 1. The first-order valence-corrected chi connectivity index (χ1v) is 9.51. The summed E-state index contributed by atoms with van der Waals surface area (Å²) in [7, 11) is -3.71. The summed E-state index contributed by atoms with van der Waals surface area (Å²) in [6.45, 7) is 0.474. The van der Waals surface area contributed by atoms with Gasteiger partial charge < -0.3 is 5.32 Å². The highest BCUT2D eigenvalue weighted by Gasteiger charge is 2.39. The van der Waals surface area contributed by atoms with E-state index in [2.05, 4.69) is 5.32 Å². The van der Waals surface area contributed by atoms with Crippen molar-refractivity contribution in [3.8, 4) is 0 Å². The molecule has 5 nitrogen and oxygen atoms in total. The van der Waals surface area contributed by atoms with Crippen LogP contribution in [0.25, 0.3) is 0 Å². The zero-order chi connectivity index (χ0) is 17.9. The average Bonchev–Trinajstić information content (AvgIpc) is 3.11. The minimum absolute atomic E-state index is 0.159. The zero-order valence-electron chi connectivity index (χ0n) is 13.6. The van der Waals surface area contributed by atoms with Gasteiger partial charge in [0.25, 0.3) is 0 Å². The van der Waals surface area contributed by atoms with Gasteiger partial charge in [-0.1, -0.05) is 30.3 Å². The minimum Gasteiger partial charge on any atom is -0.351 e. The van der Waals surface area contributed by atoms with Crippen molar-refractivity contribution >= 4 is 15.9 Å². The monoisotopic (exact) mass is 362 g/mol. The van der Waals surface area contributed by atoms with Gasteiger partial charge in [-0.3, -0.25) is 4.79 Å². The maximum absolute atomic E-state index is 13.2. The van der Waals surface area contributed by atoms with Crippen LogP contribution in [0.5, 0.6) is 0 Å². The molecule has 2 aromatic rings. The molecule has 1 heterocycles. The van der Waals surface area contributed by atoms with E-state index in [-0.39, 0.29) is 23.2 Å². The highest BCUT2D eigenvalue weighted by molar-refractivity contribution is 7.89. The molecule has 1 atom stereocenters. The highest BCUT2D eigenvalue weighted by atomic mass is 32.2. The van der Waals surface area contributed by atoms with E-state index in [1.54, 1.807) is 30.3 Å². The molecule has 132 valence electrons. The van der Waals surface area contributed by atoms with Crippen LogP contribution in [-0.2, 0) is 21.4 Å². The lowest BCUT2D eigenvalue weighted by Crippen LogP contribution is -2.45. The molecule has 0 spiro atoms. The standard InChI is InChI=1S/C18H19FN2O3S/c19-15-7-4-6-14(12-15)13-20-18(22)17-10-5-11-21(17)25(23,24)16-8-2-1-3-9-16/h1-4,6-9,12,17H,5,10-11,13H2,(H,20,22). The summed E-state index contributed by atoms with van der Waals surface area (Å²) in [4.78, 5) is 12.7. The molecule has 7 heteroatoms. The molecule has 0 radical (unpaired) electrons. The van der Waals surface area contributed by atoms with Gasteiger partial charge in [-0.05, 0) is 42.7 Å². The quantitative estimate of drug-likeness (QED) is 0.888. The SMILES string of the molecule is O=C(NCc1cccc(F)c1)C1CCCN1S(=O)(=O)c1ccccc1. The molecule has 0 saturated carbocycles. The van der Waals surface area contributed by atoms with Crippen LogP contribution < -0.4 is 5.32 Å². The van der Waals surface area contributed by atoms with Crippen molar-refractivity contribution in [3.63, 3.8) is 0 Å². The van der Waals surface area contributed by atoms with Crippen LogP contribution in [0, 0.1) is 5.82 Å². The van der Waals surface area contributed by atoms with Crippen molar-refractivity contribution < 1.29 is 17.6 Å². The van der Waals surface area contributed by atoms with Crippen molar-refractivity contribution in [2.75, 3.05) is 6.54 Å². The fourth-order valence-electron chi connectivity index (χ4n) is 2.97. The molecular weight excluding hydrogens is 343 g/mol. The van der Waals surface area contributed by atoms with Gasteiger partial charge in [0, 0.05) is 13.1 Å². The Morgan fingerprint density at radius 3 is 2.64 bits per heavy atom.